The number of nitrogens with one attached hydrogen (secondary N) is 1. The number of rotatable bonds is 8. The number of guanidine groups is 1. The van der Waals surface area contributed by atoms with Crippen LogP contribution in [0, 0.1) is 5.82 Å². The Hall–Kier alpha value is -0.740. The molecule has 1 aliphatic rings. The predicted molar refractivity (Wildman–Crippen MR) is 122 cm³/mol. The van der Waals surface area contributed by atoms with E-state index in [4.69, 9.17) is 14.5 Å². The summed E-state index contributed by atoms with van der Waals surface area (Å²) in [6.45, 7) is 6.24. The zero-order valence-electron chi connectivity index (χ0n) is 16.4. The van der Waals surface area contributed by atoms with Gasteiger partial charge in [-0.2, -0.15) is 11.8 Å². The Morgan fingerprint density at radius 2 is 2.07 bits per heavy atom. The van der Waals surface area contributed by atoms with Crippen LogP contribution >= 0.6 is 35.7 Å². The number of ether oxygens (including phenoxy) is 2. The van der Waals surface area contributed by atoms with Gasteiger partial charge in [0, 0.05) is 31.6 Å². The molecule has 1 aromatic rings. The van der Waals surface area contributed by atoms with Crippen molar-refractivity contribution >= 4 is 41.7 Å². The third-order valence-electron chi connectivity index (χ3n) is 4.57. The molecule has 1 aromatic carbocycles. The van der Waals surface area contributed by atoms with Gasteiger partial charge in [-0.3, -0.25) is 4.99 Å². The fraction of sp³-hybridized carbons (Fsp3) is 0.632. The average Bonchev–Trinajstić information content (AvgIpc) is 2.67. The molecule has 0 aliphatic carbocycles. The lowest BCUT2D eigenvalue weighted by Crippen LogP contribution is -2.43. The van der Waals surface area contributed by atoms with Crippen LogP contribution in [0.25, 0.3) is 0 Å². The number of nitrogens with zero attached hydrogens (tertiary/aromatic N) is 2. The first-order valence-corrected chi connectivity index (χ1v) is 10.3. The van der Waals surface area contributed by atoms with Crippen LogP contribution in [0.1, 0.15) is 19.8 Å². The SMILES string of the molecule is CCNC(=NCC1(SC)CCOCC1)N(C)CCOc1ccccc1F.I. The third-order valence-corrected chi connectivity index (χ3v) is 5.97. The molecule has 8 heteroatoms. The Morgan fingerprint density at radius 3 is 2.70 bits per heavy atom. The van der Waals surface area contributed by atoms with Gasteiger partial charge in [0.25, 0.3) is 0 Å². The smallest absolute Gasteiger partial charge is 0.193 e. The van der Waals surface area contributed by atoms with Crippen LogP contribution in [0.4, 0.5) is 4.39 Å². The number of hydrogen-bond donors (Lipinski definition) is 1. The van der Waals surface area contributed by atoms with Crippen LogP contribution in [0.3, 0.4) is 0 Å². The zero-order chi connectivity index (χ0) is 18.8. The molecule has 0 spiro atoms. The van der Waals surface area contributed by atoms with Crippen LogP contribution in [-0.4, -0.2) is 68.4 Å². The summed E-state index contributed by atoms with van der Waals surface area (Å²) in [5.41, 5.74) is 0. The van der Waals surface area contributed by atoms with Gasteiger partial charge in [0.2, 0.25) is 0 Å². The van der Waals surface area contributed by atoms with E-state index in [1.165, 1.54) is 6.07 Å². The van der Waals surface area contributed by atoms with Gasteiger partial charge in [-0.05, 0) is 38.2 Å². The molecule has 1 saturated heterocycles. The van der Waals surface area contributed by atoms with Crippen molar-refractivity contribution in [3.8, 4) is 5.75 Å². The largest absolute Gasteiger partial charge is 0.489 e. The molecule has 2 rings (SSSR count). The average molecular weight is 511 g/mol. The quantitative estimate of drug-likeness (QED) is 0.328. The fourth-order valence-corrected chi connectivity index (χ4v) is 3.59. The topological polar surface area (TPSA) is 46.1 Å². The first kappa shape index (κ1) is 24.3. The van der Waals surface area contributed by atoms with Gasteiger partial charge in [0.15, 0.2) is 17.5 Å². The van der Waals surface area contributed by atoms with Crippen molar-refractivity contribution in [2.75, 3.05) is 52.8 Å². The molecule has 154 valence electrons. The second-order valence-corrected chi connectivity index (χ2v) is 7.64. The van der Waals surface area contributed by atoms with E-state index >= 15 is 0 Å². The Morgan fingerprint density at radius 1 is 1.37 bits per heavy atom. The maximum absolute atomic E-state index is 13.6. The van der Waals surface area contributed by atoms with Crippen LogP contribution in [0.2, 0.25) is 0 Å². The molecule has 0 bridgehead atoms. The number of likely N-dealkylation sites (N-methyl/N-ethyl adjacent to an activating group) is 1. The maximum Gasteiger partial charge on any atom is 0.193 e. The summed E-state index contributed by atoms with van der Waals surface area (Å²) in [4.78, 5) is 6.87. The Balaban J connectivity index is 0.00000364. The summed E-state index contributed by atoms with van der Waals surface area (Å²) < 4.78 is 24.8. The van der Waals surface area contributed by atoms with Gasteiger partial charge in [-0.15, -0.1) is 24.0 Å². The first-order chi connectivity index (χ1) is 12.6. The maximum atomic E-state index is 13.6. The van der Waals surface area contributed by atoms with Crippen molar-refractivity contribution in [2.45, 2.75) is 24.5 Å². The van der Waals surface area contributed by atoms with Gasteiger partial charge in [-0.25, -0.2) is 4.39 Å². The van der Waals surface area contributed by atoms with Crippen molar-refractivity contribution in [1.82, 2.24) is 10.2 Å². The lowest BCUT2D eigenvalue weighted by atomic mass is 9.99. The number of aliphatic imine (C=N–C) groups is 1. The van der Waals surface area contributed by atoms with E-state index in [2.05, 4.69) is 18.5 Å². The van der Waals surface area contributed by atoms with E-state index in [9.17, 15) is 4.39 Å². The van der Waals surface area contributed by atoms with E-state index in [1.54, 1.807) is 18.2 Å². The molecule has 0 amide bonds. The van der Waals surface area contributed by atoms with E-state index in [0.717, 1.165) is 45.1 Å². The zero-order valence-corrected chi connectivity index (χ0v) is 19.5. The molecule has 0 aromatic heterocycles. The van der Waals surface area contributed by atoms with E-state index in [-0.39, 0.29) is 40.3 Å². The fourth-order valence-electron chi connectivity index (χ4n) is 2.82. The van der Waals surface area contributed by atoms with E-state index in [1.807, 2.05) is 23.7 Å². The highest BCUT2D eigenvalue weighted by Gasteiger charge is 2.31. The lowest BCUT2D eigenvalue weighted by Gasteiger charge is -2.34. The van der Waals surface area contributed by atoms with Crippen molar-refractivity contribution in [3.63, 3.8) is 0 Å². The summed E-state index contributed by atoms with van der Waals surface area (Å²) >= 11 is 1.88. The molecular formula is C19H31FIN3O2S. The molecule has 27 heavy (non-hydrogen) atoms. The minimum atomic E-state index is -0.336. The van der Waals surface area contributed by atoms with Crippen LogP contribution < -0.4 is 10.1 Å². The molecule has 1 aliphatic heterocycles. The van der Waals surface area contributed by atoms with Crippen LogP contribution in [0.5, 0.6) is 5.75 Å². The Bertz CT molecular complexity index is 586. The van der Waals surface area contributed by atoms with Crippen LogP contribution in [-0.2, 0) is 4.74 Å². The summed E-state index contributed by atoms with van der Waals surface area (Å²) in [6.07, 6.45) is 4.20. The summed E-state index contributed by atoms with van der Waals surface area (Å²) in [5.74, 6) is 0.799. The van der Waals surface area contributed by atoms with Gasteiger partial charge >= 0.3 is 0 Å². The predicted octanol–water partition coefficient (Wildman–Crippen LogP) is 3.63. The van der Waals surface area contributed by atoms with E-state index in [0.29, 0.717) is 13.2 Å². The lowest BCUT2D eigenvalue weighted by molar-refractivity contribution is 0.0793. The van der Waals surface area contributed by atoms with Crippen molar-refractivity contribution in [1.29, 1.82) is 0 Å². The molecule has 5 nitrogen and oxygen atoms in total. The molecule has 1 heterocycles. The minimum Gasteiger partial charge on any atom is -0.489 e. The number of para-hydroxylation sites is 1. The molecule has 0 unspecified atom stereocenters. The van der Waals surface area contributed by atoms with Gasteiger partial charge in [-0.1, -0.05) is 12.1 Å². The molecule has 1 N–H and O–H groups in total. The molecule has 0 radical (unpaired) electrons. The number of halogens is 2. The summed E-state index contributed by atoms with van der Waals surface area (Å²) in [7, 11) is 1.97. The Labute approximate surface area is 183 Å². The Kier molecular flexibility index (Phi) is 11.4. The third kappa shape index (κ3) is 7.65. The minimum absolute atomic E-state index is 0. The normalized spacial score (nSPS) is 16.4. The van der Waals surface area contributed by atoms with Crippen LogP contribution in [0.15, 0.2) is 29.3 Å². The molecular weight excluding hydrogens is 480 g/mol. The van der Waals surface area contributed by atoms with Crippen molar-refractivity contribution < 1.29 is 13.9 Å². The summed E-state index contributed by atoms with van der Waals surface area (Å²) in [6, 6.07) is 6.47. The standard InChI is InChI=1S/C19H30FN3O2S.HI/c1-4-21-18(22-15-19(26-3)9-12-24-13-10-19)23(2)11-14-25-17-8-6-5-7-16(17)20;/h5-8H,4,9-15H2,1-3H3,(H,21,22);1H. The summed E-state index contributed by atoms with van der Waals surface area (Å²) in [5, 5.41) is 3.33. The highest BCUT2D eigenvalue weighted by Crippen LogP contribution is 2.34. The van der Waals surface area contributed by atoms with Crippen molar-refractivity contribution in [2.24, 2.45) is 4.99 Å². The number of thioether (sulfide) groups is 1. The van der Waals surface area contributed by atoms with Gasteiger partial charge in [0.05, 0.1) is 13.1 Å². The second-order valence-electron chi connectivity index (χ2n) is 6.37. The van der Waals surface area contributed by atoms with Gasteiger partial charge < -0.3 is 19.7 Å². The second kappa shape index (κ2) is 12.7. The first-order valence-electron chi connectivity index (χ1n) is 9.10. The number of benzene rings is 1. The van der Waals surface area contributed by atoms with Gasteiger partial charge in [0.1, 0.15) is 6.61 Å². The number of hydrogen-bond acceptors (Lipinski definition) is 4. The highest BCUT2D eigenvalue weighted by molar-refractivity contribution is 14.0. The monoisotopic (exact) mass is 511 g/mol. The molecule has 0 saturated carbocycles. The van der Waals surface area contributed by atoms with Crippen molar-refractivity contribution in [3.05, 3.63) is 30.1 Å². The van der Waals surface area contributed by atoms with E-state index < -0.39 is 0 Å². The highest BCUT2D eigenvalue weighted by atomic mass is 127. The molecule has 0 atom stereocenters. The molecule has 1 fully saturated rings.